The number of nitrogens with one attached hydrogen (secondary N) is 1. The second kappa shape index (κ2) is 11.9. The van der Waals surface area contributed by atoms with Gasteiger partial charge in [0.15, 0.2) is 0 Å². The van der Waals surface area contributed by atoms with Crippen molar-refractivity contribution in [3.63, 3.8) is 0 Å². The van der Waals surface area contributed by atoms with Gasteiger partial charge in [0.1, 0.15) is 22.8 Å². The molecule has 1 aliphatic heterocycles. The lowest BCUT2D eigenvalue weighted by Gasteiger charge is -2.22. The van der Waals surface area contributed by atoms with Crippen LogP contribution in [0, 0.1) is 0 Å². The summed E-state index contributed by atoms with van der Waals surface area (Å²) in [4.78, 5) is 35.4. The zero-order chi connectivity index (χ0) is 28.2. The van der Waals surface area contributed by atoms with Gasteiger partial charge in [0.05, 0.1) is 12.0 Å². The zero-order valence-corrected chi connectivity index (χ0v) is 23.2. The monoisotopic (exact) mass is 537 g/mol. The number of hydrogen-bond donors (Lipinski definition) is 3. The molecule has 0 bridgehead atoms. The standard InChI is InChI=1S/C28H39N7O4/c1-5-6-13-38-26-32-23(29)21-14-22(24(30)36)35(25(21)33-26)16-19-9-7-18(8-10-19)15-34-12-11-20(17-34)31-27(37)39-28(2,3)4/h7-10,14,20H,5-6,11-13,15-17H2,1-4H3,(H2,30,36)(H,31,37)(H2,29,32,33)/t20-/m0/s1. The molecule has 4 rings (SSSR count). The number of benzene rings is 1. The van der Waals surface area contributed by atoms with Crippen LogP contribution in [0.4, 0.5) is 10.6 Å². The number of hydrogen-bond acceptors (Lipinski definition) is 8. The summed E-state index contributed by atoms with van der Waals surface area (Å²) in [7, 11) is 0. The van der Waals surface area contributed by atoms with Crippen LogP contribution in [0.5, 0.6) is 6.01 Å². The van der Waals surface area contributed by atoms with Crippen molar-refractivity contribution in [1.82, 2.24) is 24.8 Å². The van der Waals surface area contributed by atoms with Crippen LogP contribution in [-0.2, 0) is 17.8 Å². The van der Waals surface area contributed by atoms with E-state index < -0.39 is 11.5 Å². The Hall–Kier alpha value is -3.86. The average molecular weight is 538 g/mol. The van der Waals surface area contributed by atoms with Crippen LogP contribution in [0.2, 0.25) is 0 Å². The zero-order valence-electron chi connectivity index (χ0n) is 23.2. The molecule has 0 aliphatic carbocycles. The molecule has 1 atom stereocenters. The molecule has 39 heavy (non-hydrogen) atoms. The molecule has 1 aliphatic rings. The molecular weight excluding hydrogens is 498 g/mol. The predicted octanol–water partition coefficient (Wildman–Crippen LogP) is 3.44. The Morgan fingerprint density at radius 1 is 1.13 bits per heavy atom. The van der Waals surface area contributed by atoms with E-state index in [0.717, 1.165) is 50.0 Å². The van der Waals surface area contributed by atoms with Gasteiger partial charge < -0.3 is 30.8 Å². The number of unbranched alkanes of at least 4 members (excludes halogenated alkanes) is 1. The summed E-state index contributed by atoms with van der Waals surface area (Å²) in [6.45, 7) is 10.9. The highest BCUT2D eigenvalue weighted by atomic mass is 16.6. The van der Waals surface area contributed by atoms with E-state index in [-0.39, 0.29) is 24.0 Å². The molecule has 0 unspecified atom stereocenters. The summed E-state index contributed by atoms with van der Waals surface area (Å²) in [5, 5.41) is 3.53. The smallest absolute Gasteiger partial charge is 0.407 e. The van der Waals surface area contributed by atoms with Gasteiger partial charge in [0.2, 0.25) is 0 Å². The summed E-state index contributed by atoms with van der Waals surface area (Å²) in [6.07, 6.45) is 2.36. The summed E-state index contributed by atoms with van der Waals surface area (Å²) in [6, 6.07) is 10.1. The Kier molecular flexibility index (Phi) is 8.59. The minimum Gasteiger partial charge on any atom is -0.463 e. The molecule has 2 aromatic heterocycles. The highest BCUT2D eigenvalue weighted by Crippen LogP contribution is 2.26. The third kappa shape index (κ3) is 7.38. The van der Waals surface area contributed by atoms with Crippen LogP contribution < -0.4 is 21.5 Å². The van der Waals surface area contributed by atoms with E-state index in [1.807, 2.05) is 32.9 Å². The lowest BCUT2D eigenvalue weighted by Crippen LogP contribution is -2.40. The molecule has 11 heteroatoms. The van der Waals surface area contributed by atoms with Crippen molar-refractivity contribution in [2.75, 3.05) is 25.4 Å². The van der Waals surface area contributed by atoms with E-state index >= 15 is 0 Å². The number of carbonyl (C=O) groups is 2. The number of nitrogens with zero attached hydrogens (tertiary/aromatic N) is 4. The molecule has 1 saturated heterocycles. The first kappa shape index (κ1) is 28.2. The number of likely N-dealkylation sites (tertiary alicyclic amines) is 1. The van der Waals surface area contributed by atoms with Gasteiger partial charge in [0.25, 0.3) is 5.91 Å². The van der Waals surface area contributed by atoms with Gasteiger partial charge in [-0.25, -0.2) is 4.79 Å². The highest BCUT2D eigenvalue weighted by molar-refractivity contribution is 5.99. The van der Waals surface area contributed by atoms with Crippen LogP contribution >= 0.6 is 0 Å². The highest BCUT2D eigenvalue weighted by Gasteiger charge is 2.26. The maximum atomic E-state index is 12.2. The quantitative estimate of drug-likeness (QED) is 0.333. The van der Waals surface area contributed by atoms with Crippen molar-refractivity contribution >= 4 is 28.9 Å². The number of carbonyl (C=O) groups excluding carboxylic acids is 2. The van der Waals surface area contributed by atoms with E-state index in [2.05, 4.69) is 39.2 Å². The summed E-state index contributed by atoms with van der Waals surface area (Å²) in [5.74, 6) is -0.325. The topological polar surface area (TPSA) is 151 Å². The molecule has 3 heterocycles. The van der Waals surface area contributed by atoms with Gasteiger partial charge >= 0.3 is 12.1 Å². The molecule has 5 N–H and O–H groups in total. The summed E-state index contributed by atoms with van der Waals surface area (Å²) < 4.78 is 12.8. The van der Waals surface area contributed by atoms with Gasteiger partial charge in [-0.3, -0.25) is 9.69 Å². The third-order valence-corrected chi connectivity index (χ3v) is 6.51. The lowest BCUT2D eigenvalue weighted by atomic mass is 10.1. The molecule has 2 amide bonds. The first-order valence-corrected chi connectivity index (χ1v) is 13.4. The first-order valence-electron chi connectivity index (χ1n) is 13.4. The van der Waals surface area contributed by atoms with Gasteiger partial charge in [-0.05, 0) is 50.8 Å². The fourth-order valence-electron chi connectivity index (χ4n) is 4.62. The number of fused-ring (bicyclic) bond motifs is 1. The molecular formula is C28H39N7O4. The number of amides is 2. The van der Waals surface area contributed by atoms with Gasteiger partial charge in [0, 0.05) is 32.2 Å². The Morgan fingerprint density at radius 2 is 1.82 bits per heavy atom. The first-order chi connectivity index (χ1) is 18.5. The predicted molar refractivity (Wildman–Crippen MR) is 149 cm³/mol. The largest absolute Gasteiger partial charge is 0.463 e. The number of nitrogens with two attached hydrogens (primary N) is 2. The van der Waals surface area contributed by atoms with E-state index in [1.54, 1.807) is 10.6 Å². The van der Waals surface area contributed by atoms with Gasteiger partial charge in [-0.2, -0.15) is 9.97 Å². The number of alkyl carbamates (subject to hydrolysis) is 1. The second-order valence-electron chi connectivity index (χ2n) is 11.0. The number of ether oxygens (including phenoxy) is 2. The molecule has 1 aromatic carbocycles. The van der Waals surface area contributed by atoms with Crippen LogP contribution in [0.1, 0.15) is 68.6 Å². The van der Waals surface area contributed by atoms with Crippen molar-refractivity contribution < 1.29 is 19.1 Å². The second-order valence-corrected chi connectivity index (χ2v) is 11.0. The van der Waals surface area contributed by atoms with Crippen LogP contribution in [0.25, 0.3) is 11.0 Å². The number of primary amides is 1. The van der Waals surface area contributed by atoms with Crippen LogP contribution in [0.15, 0.2) is 30.3 Å². The molecule has 11 nitrogen and oxygen atoms in total. The normalized spacial score (nSPS) is 15.9. The summed E-state index contributed by atoms with van der Waals surface area (Å²) >= 11 is 0. The van der Waals surface area contributed by atoms with Crippen LogP contribution in [-0.4, -0.2) is 62.8 Å². The minimum absolute atomic E-state index is 0.0682. The van der Waals surface area contributed by atoms with E-state index in [9.17, 15) is 9.59 Å². The Bertz CT molecular complexity index is 1310. The van der Waals surface area contributed by atoms with Crippen LogP contribution in [0.3, 0.4) is 0 Å². The van der Waals surface area contributed by atoms with Crippen molar-refractivity contribution in [3.05, 3.63) is 47.2 Å². The van der Waals surface area contributed by atoms with E-state index in [1.165, 1.54) is 0 Å². The number of aromatic nitrogens is 3. The van der Waals surface area contributed by atoms with E-state index in [4.69, 9.17) is 20.9 Å². The number of anilines is 1. The molecule has 0 spiro atoms. The fraction of sp³-hybridized carbons (Fsp3) is 0.500. The molecule has 1 fully saturated rings. The maximum Gasteiger partial charge on any atom is 0.407 e. The minimum atomic E-state index is -0.568. The van der Waals surface area contributed by atoms with Gasteiger partial charge in [-0.15, -0.1) is 0 Å². The maximum absolute atomic E-state index is 12.2. The Morgan fingerprint density at radius 3 is 2.46 bits per heavy atom. The Balaban J connectivity index is 1.43. The van der Waals surface area contributed by atoms with Crippen molar-refractivity contribution in [2.45, 2.75) is 71.7 Å². The molecule has 0 radical (unpaired) electrons. The van der Waals surface area contributed by atoms with Gasteiger partial charge in [-0.1, -0.05) is 37.6 Å². The third-order valence-electron chi connectivity index (χ3n) is 6.51. The fourth-order valence-corrected chi connectivity index (χ4v) is 4.62. The molecule has 3 aromatic rings. The van der Waals surface area contributed by atoms with Crippen molar-refractivity contribution in [3.8, 4) is 6.01 Å². The number of rotatable bonds is 10. The number of nitrogen functional groups attached to an aromatic ring is 1. The van der Waals surface area contributed by atoms with E-state index in [0.29, 0.717) is 29.9 Å². The lowest BCUT2D eigenvalue weighted by molar-refractivity contribution is 0.0505. The Labute approximate surface area is 228 Å². The summed E-state index contributed by atoms with van der Waals surface area (Å²) in [5.41, 5.74) is 14.3. The average Bonchev–Trinajstić information content (AvgIpc) is 3.44. The van der Waals surface area contributed by atoms with Crippen molar-refractivity contribution in [2.24, 2.45) is 5.73 Å². The van der Waals surface area contributed by atoms with Crippen molar-refractivity contribution in [1.29, 1.82) is 0 Å². The SMILES string of the molecule is CCCCOc1nc(N)c2cc(C(N)=O)n(Cc3ccc(CN4CC[C@H](NC(=O)OC(C)(C)C)C4)cc3)c2n1. The molecule has 210 valence electrons. The molecule has 0 saturated carbocycles.